The number of furan rings is 1. The van der Waals surface area contributed by atoms with Crippen molar-refractivity contribution < 1.29 is 19.1 Å². The lowest BCUT2D eigenvalue weighted by Gasteiger charge is -2.09. The number of carbonyl (C=O) groups is 2. The van der Waals surface area contributed by atoms with E-state index in [-0.39, 0.29) is 0 Å². The van der Waals surface area contributed by atoms with E-state index in [0.29, 0.717) is 24.1 Å². The van der Waals surface area contributed by atoms with Crippen LogP contribution in [0.5, 0.6) is 0 Å². The Labute approximate surface area is 102 Å². The molecule has 0 aliphatic heterocycles. The number of benzene rings is 1. The summed E-state index contributed by atoms with van der Waals surface area (Å²) in [5.41, 5.74) is -0.0608. The summed E-state index contributed by atoms with van der Waals surface area (Å²) in [7, 11) is 0. The first-order valence-corrected chi connectivity index (χ1v) is 5.64. The lowest BCUT2D eigenvalue weighted by atomic mass is 10.1. The summed E-state index contributed by atoms with van der Waals surface area (Å²) >= 11 is 0. The van der Waals surface area contributed by atoms with Crippen LogP contribution in [0, 0.1) is 5.41 Å². The molecule has 1 aliphatic rings. The van der Waals surface area contributed by atoms with Crippen molar-refractivity contribution in [2.24, 2.45) is 5.41 Å². The second-order valence-electron chi connectivity index (χ2n) is 4.49. The van der Waals surface area contributed by atoms with Gasteiger partial charge in [-0.05, 0) is 25.0 Å². The van der Waals surface area contributed by atoms with Crippen LogP contribution in [-0.4, -0.2) is 17.0 Å². The molecule has 1 fully saturated rings. The molecule has 0 bridgehead atoms. The van der Waals surface area contributed by atoms with Crippen LogP contribution >= 0.6 is 0 Å². The molecular weight excluding hydrogens is 234 g/mol. The van der Waals surface area contributed by atoms with Gasteiger partial charge >= 0.3 is 5.97 Å². The lowest BCUT2D eigenvalue weighted by molar-refractivity contribution is -0.147. The minimum absolute atomic E-state index is 0.393. The molecular formula is C13H11NO4. The number of carboxylic acids is 1. The van der Waals surface area contributed by atoms with Crippen molar-refractivity contribution in [2.75, 3.05) is 5.32 Å². The third kappa shape index (κ3) is 1.48. The largest absolute Gasteiger partial charge is 0.480 e. The summed E-state index contributed by atoms with van der Waals surface area (Å²) in [6.07, 6.45) is 2.22. The predicted molar refractivity (Wildman–Crippen MR) is 64.1 cm³/mol. The van der Waals surface area contributed by atoms with Gasteiger partial charge in [-0.3, -0.25) is 9.59 Å². The Morgan fingerprint density at radius 2 is 2.00 bits per heavy atom. The number of para-hydroxylation sites is 1. The Hall–Kier alpha value is -2.30. The molecule has 2 N–H and O–H groups in total. The summed E-state index contributed by atoms with van der Waals surface area (Å²) in [5, 5.41) is 12.4. The molecule has 0 saturated heterocycles. The molecule has 0 spiro atoms. The van der Waals surface area contributed by atoms with Gasteiger partial charge in [-0.15, -0.1) is 0 Å². The van der Waals surface area contributed by atoms with Gasteiger partial charge in [-0.2, -0.15) is 0 Å². The zero-order valence-corrected chi connectivity index (χ0v) is 9.47. The average Bonchev–Trinajstić information content (AvgIpc) is 3.09. The number of hydrogen-bond acceptors (Lipinski definition) is 3. The molecule has 1 amide bonds. The standard InChI is InChI=1S/C13H11NO4/c15-11(13(5-6-13)12(16)17)14-9-7-18-10-4-2-1-3-8(9)10/h1-4,7H,5-6H2,(H,14,15)(H,16,17). The van der Waals surface area contributed by atoms with Gasteiger partial charge in [0.15, 0.2) is 0 Å². The van der Waals surface area contributed by atoms with Crippen molar-refractivity contribution in [3.8, 4) is 0 Å². The molecule has 1 aliphatic carbocycles. The molecule has 1 aromatic carbocycles. The van der Waals surface area contributed by atoms with E-state index in [9.17, 15) is 9.59 Å². The van der Waals surface area contributed by atoms with Crippen molar-refractivity contribution in [3.63, 3.8) is 0 Å². The Bertz CT molecular complexity index is 639. The molecule has 1 saturated carbocycles. The number of amides is 1. The van der Waals surface area contributed by atoms with Crippen LogP contribution in [0.3, 0.4) is 0 Å². The van der Waals surface area contributed by atoms with Crippen molar-refractivity contribution in [1.29, 1.82) is 0 Å². The molecule has 5 heteroatoms. The quantitative estimate of drug-likeness (QED) is 0.813. The maximum Gasteiger partial charge on any atom is 0.319 e. The van der Waals surface area contributed by atoms with E-state index < -0.39 is 17.3 Å². The molecule has 92 valence electrons. The van der Waals surface area contributed by atoms with E-state index in [1.165, 1.54) is 6.26 Å². The topological polar surface area (TPSA) is 79.5 Å². The van der Waals surface area contributed by atoms with Gasteiger partial charge in [0.05, 0.1) is 5.69 Å². The van der Waals surface area contributed by atoms with Crippen LogP contribution in [0.1, 0.15) is 12.8 Å². The smallest absolute Gasteiger partial charge is 0.319 e. The number of aliphatic carboxylic acids is 1. The molecule has 2 aromatic rings. The van der Waals surface area contributed by atoms with Gasteiger partial charge in [-0.1, -0.05) is 12.1 Å². The maximum absolute atomic E-state index is 11.9. The lowest BCUT2D eigenvalue weighted by Crippen LogP contribution is -2.31. The summed E-state index contributed by atoms with van der Waals surface area (Å²) < 4.78 is 5.28. The number of nitrogens with one attached hydrogen (secondary N) is 1. The summed E-state index contributed by atoms with van der Waals surface area (Å²) in [6.45, 7) is 0. The highest BCUT2D eigenvalue weighted by molar-refractivity contribution is 6.13. The highest BCUT2D eigenvalue weighted by Gasteiger charge is 2.57. The van der Waals surface area contributed by atoms with E-state index in [4.69, 9.17) is 9.52 Å². The minimum Gasteiger partial charge on any atom is -0.480 e. The normalized spacial score (nSPS) is 16.4. The van der Waals surface area contributed by atoms with E-state index >= 15 is 0 Å². The average molecular weight is 245 g/mol. The van der Waals surface area contributed by atoms with Crippen LogP contribution in [0.4, 0.5) is 5.69 Å². The van der Waals surface area contributed by atoms with Crippen LogP contribution < -0.4 is 5.32 Å². The zero-order valence-electron chi connectivity index (χ0n) is 9.47. The highest BCUT2D eigenvalue weighted by atomic mass is 16.4. The predicted octanol–water partition coefficient (Wildman–Crippen LogP) is 2.24. The Morgan fingerprint density at radius 3 is 2.67 bits per heavy atom. The zero-order chi connectivity index (χ0) is 12.8. The number of anilines is 1. The number of carboxylic acid groups (broad SMARTS) is 1. The first kappa shape index (κ1) is 10.8. The number of rotatable bonds is 3. The second kappa shape index (κ2) is 3.60. The first-order chi connectivity index (χ1) is 8.63. The Balaban J connectivity index is 1.89. The van der Waals surface area contributed by atoms with Gasteiger partial charge < -0.3 is 14.8 Å². The van der Waals surface area contributed by atoms with Crippen molar-refractivity contribution in [2.45, 2.75) is 12.8 Å². The molecule has 0 unspecified atom stereocenters. The monoisotopic (exact) mass is 245 g/mol. The van der Waals surface area contributed by atoms with Crippen molar-refractivity contribution >= 4 is 28.5 Å². The van der Waals surface area contributed by atoms with Gasteiger partial charge in [0.25, 0.3) is 0 Å². The van der Waals surface area contributed by atoms with Gasteiger partial charge in [0, 0.05) is 5.39 Å². The Morgan fingerprint density at radius 1 is 1.28 bits per heavy atom. The molecule has 1 heterocycles. The van der Waals surface area contributed by atoms with Crippen molar-refractivity contribution in [3.05, 3.63) is 30.5 Å². The fraction of sp³-hybridized carbons (Fsp3) is 0.231. The third-order valence-corrected chi connectivity index (χ3v) is 3.32. The SMILES string of the molecule is O=C(O)C1(C(=O)Nc2coc3ccccc23)CC1. The summed E-state index contributed by atoms with van der Waals surface area (Å²) in [4.78, 5) is 23.0. The molecule has 0 radical (unpaired) electrons. The molecule has 3 rings (SSSR count). The first-order valence-electron chi connectivity index (χ1n) is 5.64. The summed E-state index contributed by atoms with van der Waals surface area (Å²) in [5.74, 6) is -1.53. The second-order valence-corrected chi connectivity index (χ2v) is 4.49. The van der Waals surface area contributed by atoms with E-state index in [0.717, 1.165) is 5.39 Å². The van der Waals surface area contributed by atoms with Gasteiger partial charge in [0.2, 0.25) is 5.91 Å². The Kier molecular flexibility index (Phi) is 2.16. The fourth-order valence-electron chi connectivity index (χ4n) is 1.98. The number of carbonyl (C=O) groups excluding carboxylic acids is 1. The molecule has 1 aromatic heterocycles. The van der Waals surface area contributed by atoms with Crippen LogP contribution in [0.2, 0.25) is 0 Å². The van der Waals surface area contributed by atoms with E-state index in [2.05, 4.69) is 5.32 Å². The van der Waals surface area contributed by atoms with Crippen LogP contribution in [0.25, 0.3) is 11.0 Å². The molecule has 18 heavy (non-hydrogen) atoms. The third-order valence-electron chi connectivity index (χ3n) is 3.32. The van der Waals surface area contributed by atoms with Crippen LogP contribution in [0.15, 0.2) is 34.9 Å². The minimum atomic E-state index is -1.24. The van der Waals surface area contributed by atoms with Crippen LogP contribution in [-0.2, 0) is 9.59 Å². The summed E-state index contributed by atoms with van der Waals surface area (Å²) in [6, 6.07) is 7.26. The number of hydrogen-bond donors (Lipinski definition) is 2. The van der Waals surface area contributed by atoms with Gasteiger partial charge in [-0.25, -0.2) is 0 Å². The molecule has 0 atom stereocenters. The number of fused-ring (bicyclic) bond motifs is 1. The van der Waals surface area contributed by atoms with Crippen molar-refractivity contribution in [1.82, 2.24) is 0 Å². The molecule has 5 nitrogen and oxygen atoms in total. The van der Waals surface area contributed by atoms with E-state index in [1.807, 2.05) is 18.2 Å². The highest BCUT2D eigenvalue weighted by Crippen LogP contribution is 2.47. The van der Waals surface area contributed by atoms with Gasteiger partial charge in [0.1, 0.15) is 17.3 Å². The fourth-order valence-corrected chi connectivity index (χ4v) is 1.98. The maximum atomic E-state index is 11.9. The van der Waals surface area contributed by atoms with E-state index in [1.54, 1.807) is 6.07 Å².